The highest BCUT2D eigenvalue weighted by Crippen LogP contribution is 2.49. The number of carbonyl (C=O) groups is 1. The van der Waals surface area contributed by atoms with Crippen LogP contribution in [-0.4, -0.2) is 5.78 Å². The summed E-state index contributed by atoms with van der Waals surface area (Å²) >= 11 is 0. The van der Waals surface area contributed by atoms with Crippen LogP contribution in [0.3, 0.4) is 0 Å². The molecule has 2 aliphatic carbocycles. The van der Waals surface area contributed by atoms with Gasteiger partial charge in [-0.2, -0.15) is 0 Å². The van der Waals surface area contributed by atoms with Gasteiger partial charge in [-0.15, -0.1) is 0 Å². The second-order valence-electron chi connectivity index (χ2n) is 6.22. The molecule has 0 aromatic rings. The molecule has 0 spiro atoms. The van der Waals surface area contributed by atoms with E-state index in [1.807, 2.05) is 6.08 Å². The van der Waals surface area contributed by atoms with Crippen molar-refractivity contribution in [1.82, 2.24) is 0 Å². The molecule has 2 rings (SSSR count). The van der Waals surface area contributed by atoms with Crippen molar-refractivity contribution in [2.24, 2.45) is 17.3 Å². The molecule has 0 radical (unpaired) electrons. The minimum Gasteiger partial charge on any atom is -0.295 e. The fourth-order valence-corrected chi connectivity index (χ4v) is 3.34. The van der Waals surface area contributed by atoms with E-state index in [0.717, 1.165) is 6.42 Å². The fourth-order valence-electron chi connectivity index (χ4n) is 3.34. The Morgan fingerprint density at radius 1 is 1.50 bits per heavy atom. The van der Waals surface area contributed by atoms with Gasteiger partial charge in [0.25, 0.3) is 0 Å². The minimum atomic E-state index is 0.148. The van der Waals surface area contributed by atoms with Crippen molar-refractivity contribution < 1.29 is 4.79 Å². The van der Waals surface area contributed by atoms with Crippen LogP contribution in [0.4, 0.5) is 0 Å². The number of ketones is 1. The molecule has 0 bridgehead atoms. The number of rotatable bonds is 1. The first-order valence-corrected chi connectivity index (χ1v) is 6.29. The Hall–Kier alpha value is -0.850. The zero-order chi connectivity index (χ0) is 11.9. The first-order chi connectivity index (χ1) is 7.40. The summed E-state index contributed by atoms with van der Waals surface area (Å²) in [6.45, 7) is 10.7. The van der Waals surface area contributed by atoms with Crippen LogP contribution in [-0.2, 0) is 4.79 Å². The van der Waals surface area contributed by atoms with Gasteiger partial charge in [-0.05, 0) is 49.5 Å². The number of carbonyl (C=O) groups excluding carboxylic acids is 1. The lowest BCUT2D eigenvalue weighted by Crippen LogP contribution is -2.36. The smallest absolute Gasteiger partial charge is 0.156 e. The molecule has 1 heteroatoms. The number of hydrogen-bond donors (Lipinski definition) is 0. The maximum atomic E-state index is 11.7. The number of allylic oxidation sites excluding steroid dienone is 3. The molecule has 16 heavy (non-hydrogen) atoms. The highest BCUT2D eigenvalue weighted by molar-refractivity contribution is 5.92. The Morgan fingerprint density at radius 2 is 2.19 bits per heavy atom. The Morgan fingerprint density at radius 3 is 2.81 bits per heavy atom. The van der Waals surface area contributed by atoms with Gasteiger partial charge >= 0.3 is 0 Å². The van der Waals surface area contributed by atoms with Gasteiger partial charge in [0.15, 0.2) is 5.78 Å². The fraction of sp³-hybridized carbons (Fsp3) is 0.667. The van der Waals surface area contributed by atoms with E-state index in [0.29, 0.717) is 24.0 Å². The highest BCUT2D eigenvalue weighted by Gasteiger charge is 2.40. The summed E-state index contributed by atoms with van der Waals surface area (Å²) in [5, 5.41) is 0. The standard InChI is InChI=1S/C15H22O/c1-10(2)11-5-6-12-7-13(16)9-15(3,4)14(12)8-11/h7,11,14H,1,5-6,8-9H2,2-4H3. The Kier molecular flexibility index (Phi) is 2.81. The van der Waals surface area contributed by atoms with Crippen LogP contribution in [0.25, 0.3) is 0 Å². The van der Waals surface area contributed by atoms with Gasteiger partial charge < -0.3 is 0 Å². The molecule has 0 aromatic carbocycles. The van der Waals surface area contributed by atoms with Crippen LogP contribution < -0.4 is 0 Å². The molecule has 2 unspecified atom stereocenters. The van der Waals surface area contributed by atoms with Gasteiger partial charge in [0.2, 0.25) is 0 Å². The van der Waals surface area contributed by atoms with Crippen molar-refractivity contribution in [2.45, 2.75) is 46.5 Å². The molecule has 0 aliphatic heterocycles. The molecule has 0 heterocycles. The molecule has 1 saturated carbocycles. The van der Waals surface area contributed by atoms with E-state index in [-0.39, 0.29) is 5.41 Å². The highest BCUT2D eigenvalue weighted by atomic mass is 16.1. The van der Waals surface area contributed by atoms with Gasteiger partial charge in [0.05, 0.1) is 0 Å². The summed E-state index contributed by atoms with van der Waals surface area (Å²) in [4.78, 5) is 11.7. The summed E-state index contributed by atoms with van der Waals surface area (Å²) < 4.78 is 0. The Labute approximate surface area is 98.6 Å². The van der Waals surface area contributed by atoms with Crippen molar-refractivity contribution in [3.8, 4) is 0 Å². The van der Waals surface area contributed by atoms with Gasteiger partial charge in [0, 0.05) is 6.42 Å². The van der Waals surface area contributed by atoms with Crippen LogP contribution in [0.1, 0.15) is 46.5 Å². The lowest BCUT2D eigenvalue weighted by atomic mass is 9.60. The van der Waals surface area contributed by atoms with Crippen molar-refractivity contribution in [3.63, 3.8) is 0 Å². The van der Waals surface area contributed by atoms with E-state index in [9.17, 15) is 4.79 Å². The van der Waals surface area contributed by atoms with Gasteiger partial charge in [-0.1, -0.05) is 31.6 Å². The van der Waals surface area contributed by atoms with Crippen LogP contribution in [0.2, 0.25) is 0 Å². The average molecular weight is 218 g/mol. The van der Waals surface area contributed by atoms with E-state index in [1.165, 1.54) is 24.0 Å². The summed E-state index contributed by atoms with van der Waals surface area (Å²) in [6, 6.07) is 0. The molecule has 1 fully saturated rings. The second-order valence-corrected chi connectivity index (χ2v) is 6.22. The average Bonchev–Trinajstić information content (AvgIpc) is 2.15. The van der Waals surface area contributed by atoms with Crippen LogP contribution in [0.15, 0.2) is 23.8 Å². The SMILES string of the molecule is C=C(C)C1CCC2=CC(=O)CC(C)(C)C2C1. The van der Waals surface area contributed by atoms with E-state index >= 15 is 0 Å². The van der Waals surface area contributed by atoms with Gasteiger partial charge in [0.1, 0.15) is 0 Å². The predicted molar refractivity (Wildman–Crippen MR) is 67.1 cm³/mol. The normalized spacial score (nSPS) is 32.9. The van der Waals surface area contributed by atoms with Crippen LogP contribution >= 0.6 is 0 Å². The zero-order valence-electron chi connectivity index (χ0n) is 10.7. The van der Waals surface area contributed by atoms with Crippen molar-refractivity contribution >= 4 is 5.78 Å². The summed E-state index contributed by atoms with van der Waals surface area (Å²) in [5.41, 5.74) is 2.86. The molecule has 0 saturated heterocycles. The molecule has 1 nitrogen and oxygen atoms in total. The maximum absolute atomic E-state index is 11.7. The topological polar surface area (TPSA) is 17.1 Å². The van der Waals surface area contributed by atoms with Crippen LogP contribution in [0.5, 0.6) is 0 Å². The third-order valence-electron chi connectivity index (χ3n) is 4.37. The molecular formula is C15H22O. The van der Waals surface area contributed by atoms with Gasteiger partial charge in [-0.3, -0.25) is 4.79 Å². The Bertz CT molecular complexity index is 360. The molecule has 88 valence electrons. The molecule has 2 atom stereocenters. The van der Waals surface area contributed by atoms with E-state index in [4.69, 9.17) is 0 Å². The van der Waals surface area contributed by atoms with Crippen molar-refractivity contribution in [3.05, 3.63) is 23.8 Å². The van der Waals surface area contributed by atoms with E-state index in [1.54, 1.807) is 0 Å². The molecular weight excluding hydrogens is 196 g/mol. The van der Waals surface area contributed by atoms with Crippen molar-refractivity contribution in [2.75, 3.05) is 0 Å². The van der Waals surface area contributed by atoms with E-state index < -0.39 is 0 Å². The van der Waals surface area contributed by atoms with Crippen LogP contribution in [0, 0.1) is 17.3 Å². The largest absolute Gasteiger partial charge is 0.295 e. The molecule has 2 aliphatic rings. The lowest BCUT2D eigenvalue weighted by Gasteiger charge is -2.44. The Balaban J connectivity index is 2.25. The summed E-state index contributed by atoms with van der Waals surface area (Å²) in [7, 11) is 0. The molecule has 0 aromatic heterocycles. The summed E-state index contributed by atoms with van der Waals surface area (Å²) in [5.74, 6) is 1.58. The third-order valence-corrected chi connectivity index (χ3v) is 4.37. The second kappa shape index (κ2) is 3.87. The number of hydrogen-bond acceptors (Lipinski definition) is 1. The minimum absolute atomic E-state index is 0.148. The summed E-state index contributed by atoms with van der Waals surface area (Å²) in [6.07, 6.45) is 6.11. The third kappa shape index (κ3) is 2.00. The first-order valence-electron chi connectivity index (χ1n) is 6.29. The lowest BCUT2D eigenvalue weighted by molar-refractivity contribution is -0.118. The molecule has 0 N–H and O–H groups in total. The zero-order valence-corrected chi connectivity index (χ0v) is 10.7. The predicted octanol–water partition coefficient (Wildman–Crippen LogP) is 3.90. The van der Waals surface area contributed by atoms with E-state index in [2.05, 4.69) is 27.4 Å². The maximum Gasteiger partial charge on any atom is 0.156 e. The quantitative estimate of drug-likeness (QED) is 0.610. The number of fused-ring (bicyclic) bond motifs is 1. The molecule has 0 amide bonds. The first kappa shape index (κ1) is 11.6. The monoisotopic (exact) mass is 218 g/mol. The van der Waals surface area contributed by atoms with Gasteiger partial charge in [-0.25, -0.2) is 0 Å². The van der Waals surface area contributed by atoms with Crippen molar-refractivity contribution in [1.29, 1.82) is 0 Å².